The highest BCUT2D eigenvalue weighted by atomic mass is 15.2. The van der Waals surface area contributed by atoms with Crippen LogP contribution in [0.2, 0.25) is 0 Å². The van der Waals surface area contributed by atoms with Crippen molar-refractivity contribution in [2.24, 2.45) is 7.05 Å². The predicted molar refractivity (Wildman–Crippen MR) is 72.3 cm³/mol. The monoisotopic (exact) mass is 252 g/mol. The van der Waals surface area contributed by atoms with Crippen molar-refractivity contribution in [1.29, 1.82) is 5.26 Å². The number of fused-ring (bicyclic) bond motifs is 1. The molecule has 4 nitrogen and oxygen atoms in total. The standard InChI is InChI=1S/C15H16N4/c1-19-10-12(9-18-19)8-17-15-5-3-13-6-11(7-16)2-4-14(13)15/h2,4,6,9-10,15,17H,3,5,8H2,1H3/t15-/m1/s1. The van der Waals surface area contributed by atoms with Crippen LogP contribution in [0, 0.1) is 11.3 Å². The smallest absolute Gasteiger partial charge is 0.0991 e. The third-order valence-corrected chi connectivity index (χ3v) is 3.66. The molecule has 1 aromatic heterocycles. The molecule has 0 unspecified atom stereocenters. The number of hydrogen-bond donors (Lipinski definition) is 1. The Balaban J connectivity index is 1.71. The largest absolute Gasteiger partial charge is 0.306 e. The Morgan fingerprint density at radius 2 is 2.42 bits per heavy atom. The summed E-state index contributed by atoms with van der Waals surface area (Å²) >= 11 is 0. The summed E-state index contributed by atoms with van der Waals surface area (Å²) in [6.45, 7) is 0.831. The van der Waals surface area contributed by atoms with Crippen LogP contribution in [-0.2, 0) is 20.0 Å². The fraction of sp³-hybridized carbons (Fsp3) is 0.333. The summed E-state index contributed by atoms with van der Waals surface area (Å²) in [5.74, 6) is 0. The SMILES string of the molecule is Cn1cc(CN[C@@H]2CCc3cc(C#N)ccc32)cn1. The van der Waals surface area contributed by atoms with Crippen LogP contribution < -0.4 is 5.32 Å². The van der Waals surface area contributed by atoms with Crippen LogP contribution in [0.4, 0.5) is 0 Å². The van der Waals surface area contributed by atoms with E-state index >= 15 is 0 Å². The van der Waals surface area contributed by atoms with Crippen LogP contribution in [0.3, 0.4) is 0 Å². The van der Waals surface area contributed by atoms with E-state index in [1.54, 1.807) is 0 Å². The molecule has 0 amide bonds. The van der Waals surface area contributed by atoms with E-state index in [0.29, 0.717) is 6.04 Å². The molecule has 96 valence electrons. The van der Waals surface area contributed by atoms with Gasteiger partial charge in [0.1, 0.15) is 0 Å². The number of nitriles is 1. The molecule has 1 aromatic carbocycles. The third kappa shape index (κ3) is 2.38. The molecular weight excluding hydrogens is 236 g/mol. The van der Waals surface area contributed by atoms with Gasteiger partial charge in [0.15, 0.2) is 0 Å². The van der Waals surface area contributed by atoms with Gasteiger partial charge in [0, 0.05) is 31.4 Å². The molecule has 2 aromatic rings. The molecule has 0 fully saturated rings. The summed E-state index contributed by atoms with van der Waals surface area (Å²) in [6, 6.07) is 8.60. The zero-order chi connectivity index (χ0) is 13.2. The Morgan fingerprint density at radius 3 is 3.16 bits per heavy atom. The number of aryl methyl sites for hydroxylation is 2. The number of aromatic nitrogens is 2. The van der Waals surface area contributed by atoms with E-state index in [2.05, 4.69) is 22.6 Å². The number of benzene rings is 1. The van der Waals surface area contributed by atoms with Gasteiger partial charge in [0.05, 0.1) is 17.8 Å². The van der Waals surface area contributed by atoms with Gasteiger partial charge in [0.25, 0.3) is 0 Å². The van der Waals surface area contributed by atoms with Gasteiger partial charge in [-0.15, -0.1) is 0 Å². The molecule has 4 heteroatoms. The number of nitrogens with one attached hydrogen (secondary N) is 1. The Bertz CT molecular complexity index is 636. The second kappa shape index (κ2) is 4.87. The maximum absolute atomic E-state index is 8.91. The van der Waals surface area contributed by atoms with Crippen molar-refractivity contribution in [1.82, 2.24) is 15.1 Å². The molecule has 0 aliphatic heterocycles. The van der Waals surface area contributed by atoms with Crippen molar-refractivity contribution in [2.75, 3.05) is 0 Å². The molecule has 1 heterocycles. The summed E-state index contributed by atoms with van der Waals surface area (Å²) in [5.41, 5.74) is 4.60. The van der Waals surface area contributed by atoms with E-state index in [0.717, 1.165) is 24.9 Å². The molecular formula is C15H16N4. The highest BCUT2D eigenvalue weighted by Gasteiger charge is 2.22. The van der Waals surface area contributed by atoms with Gasteiger partial charge in [-0.05, 0) is 36.1 Å². The fourth-order valence-electron chi connectivity index (χ4n) is 2.70. The van der Waals surface area contributed by atoms with Crippen molar-refractivity contribution in [2.45, 2.75) is 25.4 Å². The molecule has 0 saturated carbocycles. The average molecular weight is 252 g/mol. The Labute approximate surface area is 112 Å². The first-order valence-corrected chi connectivity index (χ1v) is 6.50. The van der Waals surface area contributed by atoms with Gasteiger partial charge in [0.2, 0.25) is 0 Å². The first kappa shape index (κ1) is 11.9. The molecule has 1 atom stereocenters. The lowest BCUT2D eigenvalue weighted by Crippen LogP contribution is -2.18. The van der Waals surface area contributed by atoms with Gasteiger partial charge >= 0.3 is 0 Å². The van der Waals surface area contributed by atoms with Crippen molar-refractivity contribution in [3.8, 4) is 6.07 Å². The first-order valence-electron chi connectivity index (χ1n) is 6.50. The summed E-state index contributed by atoms with van der Waals surface area (Å²) in [7, 11) is 1.93. The Morgan fingerprint density at radius 1 is 1.53 bits per heavy atom. The molecule has 1 aliphatic carbocycles. The van der Waals surface area contributed by atoms with Crippen molar-refractivity contribution < 1.29 is 0 Å². The molecule has 0 radical (unpaired) electrons. The van der Waals surface area contributed by atoms with Crippen molar-refractivity contribution in [3.05, 3.63) is 52.8 Å². The highest BCUT2D eigenvalue weighted by molar-refractivity contribution is 5.42. The van der Waals surface area contributed by atoms with Crippen LogP contribution >= 0.6 is 0 Å². The van der Waals surface area contributed by atoms with Crippen LogP contribution in [0.1, 0.15) is 34.7 Å². The van der Waals surface area contributed by atoms with Crippen LogP contribution in [-0.4, -0.2) is 9.78 Å². The topological polar surface area (TPSA) is 53.6 Å². The second-order valence-electron chi connectivity index (χ2n) is 5.02. The minimum Gasteiger partial charge on any atom is -0.306 e. The van der Waals surface area contributed by atoms with E-state index in [1.807, 2.05) is 36.3 Å². The summed E-state index contributed by atoms with van der Waals surface area (Å²) < 4.78 is 1.82. The van der Waals surface area contributed by atoms with Crippen molar-refractivity contribution >= 4 is 0 Å². The molecule has 0 saturated heterocycles. The van der Waals surface area contributed by atoms with E-state index in [1.165, 1.54) is 16.7 Å². The molecule has 1 N–H and O–H groups in total. The van der Waals surface area contributed by atoms with Gasteiger partial charge in [-0.2, -0.15) is 10.4 Å². The van der Waals surface area contributed by atoms with Gasteiger partial charge in [-0.3, -0.25) is 4.68 Å². The zero-order valence-electron chi connectivity index (χ0n) is 10.9. The quantitative estimate of drug-likeness (QED) is 0.909. The minimum atomic E-state index is 0.392. The Hall–Kier alpha value is -2.12. The van der Waals surface area contributed by atoms with E-state index in [-0.39, 0.29) is 0 Å². The van der Waals surface area contributed by atoms with Gasteiger partial charge < -0.3 is 5.32 Å². The second-order valence-corrected chi connectivity index (χ2v) is 5.02. The maximum atomic E-state index is 8.91. The molecule has 19 heavy (non-hydrogen) atoms. The highest BCUT2D eigenvalue weighted by Crippen LogP contribution is 2.31. The van der Waals surface area contributed by atoms with Crippen LogP contribution in [0.25, 0.3) is 0 Å². The van der Waals surface area contributed by atoms with Crippen LogP contribution in [0.15, 0.2) is 30.6 Å². The number of nitrogens with zero attached hydrogens (tertiary/aromatic N) is 3. The van der Waals surface area contributed by atoms with E-state index < -0.39 is 0 Å². The molecule has 0 bridgehead atoms. The number of hydrogen-bond acceptors (Lipinski definition) is 3. The molecule has 0 spiro atoms. The Kier molecular flexibility index (Phi) is 3.06. The lowest BCUT2D eigenvalue weighted by Gasteiger charge is -2.13. The summed E-state index contributed by atoms with van der Waals surface area (Å²) in [4.78, 5) is 0. The predicted octanol–water partition coefficient (Wildman–Crippen LogP) is 2.07. The van der Waals surface area contributed by atoms with E-state index in [4.69, 9.17) is 5.26 Å². The van der Waals surface area contributed by atoms with Gasteiger partial charge in [-0.25, -0.2) is 0 Å². The maximum Gasteiger partial charge on any atom is 0.0991 e. The van der Waals surface area contributed by atoms with E-state index in [9.17, 15) is 0 Å². The summed E-state index contributed by atoms with van der Waals surface area (Å²) in [6.07, 6.45) is 6.07. The minimum absolute atomic E-state index is 0.392. The summed E-state index contributed by atoms with van der Waals surface area (Å²) in [5, 5.41) is 16.7. The normalized spacial score (nSPS) is 17.2. The lowest BCUT2D eigenvalue weighted by molar-refractivity contribution is 0.530. The zero-order valence-corrected chi connectivity index (χ0v) is 10.9. The number of rotatable bonds is 3. The van der Waals surface area contributed by atoms with Gasteiger partial charge in [-0.1, -0.05) is 6.07 Å². The molecule has 1 aliphatic rings. The third-order valence-electron chi connectivity index (χ3n) is 3.66. The average Bonchev–Trinajstić information content (AvgIpc) is 3.02. The van der Waals surface area contributed by atoms with Crippen molar-refractivity contribution in [3.63, 3.8) is 0 Å². The fourth-order valence-corrected chi connectivity index (χ4v) is 2.70. The lowest BCUT2D eigenvalue weighted by atomic mass is 10.1. The van der Waals surface area contributed by atoms with Crippen LogP contribution in [0.5, 0.6) is 0 Å². The molecule has 3 rings (SSSR count). The first-order chi connectivity index (χ1) is 9.26.